The standard InChI is InChI=1S/C14H22ClNO3S/c1-4-6-7-20(17,18)16-10-12-9-13(15)14(19-5-2)8-11(12)3/h8-9,16H,4-7,10H2,1-3H3. The molecule has 114 valence electrons. The molecule has 1 rings (SSSR count). The fourth-order valence-corrected chi connectivity index (χ4v) is 3.18. The van der Waals surface area contributed by atoms with Gasteiger partial charge in [-0.1, -0.05) is 24.9 Å². The molecule has 0 bridgehead atoms. The van der Waals surface area contributed by atoms with Crippen molar-refractivity contribution in [1.29, 1.82) is 0 Å². The summed E-state index contributed by atoms with van der Waals surface area (Å²) < 4.78 is 31.5. The molecule has 6 heteroatoms. The minimum absolute atomic E-state index is 0.160. The highest BCUT2D eigenvalue weighted by molar-refractivity contribution is 7.89. The Balaban J connectivity index is 2.76. The molecule has 0 atom stereocenters. The van der Waals surface area contributed by atoms with E-state index in [0.29, 0.717) is 23.8 Å². The number of halogens is 1. The summed E-state index contributed by atoms with van der Waals surface area (Å²) >= 11 is 6.11. The molecule has 0 heterocycles. The first-order valence-electron chi connectivity index (χ1n) is 6.78. The molecule has 20 heavy (non-hydrogen) atoms. The van der Waals surface area contributed by atoms with Gasteiger partial charge >= 0.3 is 0 Å². The Bertz CT molecular complexity index is 544. The predicted molar refractivity (Wildman–Crippen MR) is 82.9 cm³/mol. The van der Waals surface area contributed by atoms with Crippen molar-refractivity contribution in [2.24, 2.45) is 0 Å². The average Bonchev–Trinajstić information content (AvgIpc) is 2.39. The molecule has 0 spiro atoms. The lowest BCUT2D eigenvalue weighted by molar-refractivity contribution is 0.340. The van der Waals surface area contributed by atoms with Crippen molar-refractivity contribution in [3.8, 4) is 5.75 Å². The zero-order valence-electron chi connectivity index (χ0n) is 12.2. The second-order valence-electron chi connectivity index (χ2n) is 4.64. The predicted octanol–water partition coefficient (Wildman–Crippen LogP) is 3.27. The first-order valence-corrected chi connectivity index (χ1v) is 8.81. The Labute approximate surface area is 126 Å². The number of ether oxygens (including phenoxy) is 1. The average molecular weight is 320 g/mol. The minimum Gasteiger partial charge on any atom is -0.492 e. The van der Waals surface area contributed by atoms with Gasteiger partial charge in [0.1, 0.15) is 5.75 Å². The maximum atomic E-state index is 11.8. The highest BCUT2D eigenvalue weighted by Crippen LogP contribution is 2.28. The van der Waals surface area contributed by atoms with E-state index in [4.69, 9.17) is 16.3 Å². The molecular formula is C14H22ClNO3S. The largest absolute Gasteiger partial charge is 0.492 e. The van der Waals surface area contributed by atoms with Crippen molar-refractivity contribution in [2.45, 2.75) is 40.2 Å². The Morgan fingerprint density at radius 2 is 2.00 bits per heavy atom. The molecule has 0 unspecified atom stereocenters. The second-order valence-corrected chi connectivity index (χ2v) is 6.97. The monoisotopic (exact) mass is 319 g/mol. The van der Waals surface area contributed by atoms with Gasteiger partial charge in [0, 0.05) is 6.54 Å². The van der Waals surface area contributed by atoms with Crippen LogP contribution in [0, 0.1) is 6.92 Å². The van der Waals surface area contributed by atoms with Crippen LogP contribution in [0.4, 0.5) is 0 Å². The van der Waals surface area contributed by atoms with Crippen molar-refractivity contribution < 1.29 is 13.2 Å². The van der Waals surface area contributed by atoms with Crippen molar-refractivity contribution >= 4 is 21.6 Å². The van der Waals surface area contributed by atoms with Gasteiger partial charge in [-0.15, -0.1) is 0 Å². The summed E-state index contributed by atoms with van der Waals surface area (Å²) in [6.45, 7) is 6.56. The first-order chi connectivity index (χ1) is 9.39. The lowest BCUT2D eigenvalue weighted by Crippen LogP contribution is -2.26. The van der Waals surface area contributed by atoms with Crippen molar-refractivity contribution in [3.05, 3.63) is 28.3 Å². The van der Waals surface area contributed by atoms with Crippen LogP contribution in [0.1, 0.15) is 37.8 Å². The van der Waals surface area contributed by atoms with Crippen LogP contribution in [0.3, 0.4) is 0 Å². The van der Waals surface area contributed by atoms with E-state index in [2.05, 4.69) is 4.72 Å². The van der Waals surface area contributed by atoms with Gasteiger partial charge in [-0.25, -0.2) is 13.1 Å². The Morgan fingerprint density at radius 1 is 1.30 bits per heavy atom. The van der Waals surface area contributed by atoms with Gasteiger partial charge in [0.2, 0.25) is 10.0 Å². The Hall–Kier alpha value is -0.780. The molecule has 0 fully saturated rings. The summed E-state index contributed by atoms with van der Waals surface area (Å²) in [6, 6.07) is 3.59. The number of hydrogen-bond acceptors (Lipinski definition) is 3. The lowest BCUT2D eigenvalue weighted by Gasteiger charge is -2.12. The van der Waals surface area contributed by atoms with E-state index in [9.17, 15) is 8.42 Å². The van der Waals surface area contributed by atoms with Crippen LogP contribution in [-0.2, 0) is 16.6 Å². The summed E-state index contributed by atoms with van der Waals surface area (Å²) in [5.41, 5.74) is 1.81. The molecule has 0 saturated carbocycles. The molecule has 0 radical (unpaired) electrons. The Kier molecular flexibility index (Phi) is 6.79. The molecule has 1 aromatic rings. The van der Waals surface area contributed by atoms with E-state index in [1.807, 2.05) is 26.8 Å². The molecule has 0 aliphatic rings. The van der Waals surface area contributed by atoms with Gasteiger partial charge in [-0.2, -0.15) is 0 Å². The van der Waals surface area contributed by atoms with E-state index >= 15 is 0 Å². The normalized spacial score (nSPS) is 11.6. The summed E-state index contributed by atoms with van der Waals surface area (Å²) in [5.74, 6) is 0.789. The van der Waals surface area contributed by atoms with Crippen LogP contribution < -0.4 is 9.46 Å². The van der Waals surface area contributed by atoms with Gasteiger partial charge in [-0.3, -0.25) is 0 Å². The summed E-state index contributed by atoms with van der Waals surface area (Å²) in [7, 11) is -3.22. The number of hydrogen-bond donors (Lipinski definition) is 1. The maximum absolute atomic E-state index is 11.8. The van der Waals surface area contributed by atoms with Crippen LogP contribution in [0.5, 0.6) is 5.75 Å². The van der Waals surface area contributed by atoms with E-state index in [-0.39, 0.29) is 12.3 Å². The lowest BCUT2D eigenvalue weighted by atomic mass is 10.1. The van der Waals surface area contributed by atoms with Crippen molar-refractivity contribution in [1.82, 2.24) is 4.72 Å². The number of benzene rings is 1. The third-order valence-corrected chi connectivity index (χ3v) is 4.65. The van der Waals surface area contributed by atoms with Crippen LogP contribution in [-0.4, -0.2) is 20.8 Å². The van der Waals surface area contributed by atoms with Crippen LogP contribution in [0.25, 0.3) is 0 Å². The molecule has 0 aliphatic carbocycles. The second kappa shape index (κ2) is 7.86. The molecule has 4 nitrogen and oxygen atoms in total. The van der Waals surface area contributed by atoms with Gasteiger partial charge in [0.15, 0.2) is 0 Å². The number of unbranched alkanes of at least 4 members (excludes halogenated alkanes) is 1. The third kappa shape index (κ3) is 5.31. The topological polar surface area (TPSA) is 55.4 Å². The quantitative estimate of drug-likeness (QED) is 0.800. The van der Waals surface area contributed by atoms with Crippen molar-refractivity contribution in [2.75, 3.05) is 12.4 Å². The number of rotatable bonds is 8. The number of aryl methyl sites for hydroxylation is 1. The first kappa shape index (κ1) is 17.3. The smallest absolute Gasteiger partial charge is 0.211 e. The zero-order valence-corrected chi connectivity index (χ0v) is 13.8. The zero-order chi connectivity index (χ0) is 15.2. The van der Waals surface area contributed by atoms with Crippen LogP contribution >= 0.6 is 11.6 Å². The van der Waals surface area contributed by atoms with Gasteiger partial charge < -0.3 is 4.74 Å². The number of sulfonamides is 1. The summed E-state index contributed by atoms with van der Waals surface area (Å²) in [5, 5.41) is 0.500. The van der Waals surface area contributed by atoms with E-state index in [1.54, 1.807) is 6.07 Å². The third-order valence-electron chi connectivity index (χ3n) is 2.94. The van der Waals surface area contributed by atoms with Crippen LogP contribution in [0.2, 0.25) is 5.02 Å². The molecular weight excluding hydrogens is 298 g/mol. The summed E-state index contributed by atoms with van der Waals surface area (Å²) in [6.07, 6.45) is 1.52. The van der Waals surface area contributed by atoms with Crippen LogP contribution in [0.15, 0.2) is 12.1 Å². The van der Waals surface area contributed by atoms with E-state index in [1.165, 1.54) is 0 Å². The number of nitrogens with one attached hydrogen (secondary N) is 1. The fraction of sp³-hybridized carbons (Fsp3) is 0.571. The molecule has 1 N–H and O–H groups in total. The highest BCUT2D eigenvalue weighted by Gasteiger charge is 2.12. The fourth-order valence-electron chi connectivity index (χ4n) is 1.75. The van der Waals surface area contributed by atoms with Gasteiger partial charge in [0.25, 0.3) is 0 Å². The van der Waals surface area contributed by atoms with Crippen molar-refractivity contribution in [3.63, 3.8) is 0 Å². The molecule has 0 amide bonds. The minimum atomic E-state index is -3.22. The molecule has 0 aliphatic heterocycles. The van der Waals surface area contributed by atoms with Gasteiger partial charge in [0.05, 0.1) is 17.4 Å². The van der Waals surface area contributed by atoms with E-state index < -0.39 is 10.0 Å². The van der Waals surface area contributed by atoms with Gasteiger partial charge in [-0.05, 0) is 43.5 Å². The molecule has 0 saturated heterocycles. The molecule has 0 aromatic heterocycles. The highest BCUT2D eigenvalue weighted by atomic mass is 35.5. The summed E-state index contributed by atoms with van der Waals surface area (Å²) in [4.78, 5) is 0. The van der Waals surface area contributed by atoms with E-state index in [0.717, 1.165) is 17.5 Å². The SMILES string of the molecule is CCCCS(=O)(=O)NCc1cc(Cl)c(OCC)cc1C. The molecule has 1 aromatic carbocycles. The Morgan fingerprint density at radius 3 is 2.60 bits per heavy atom. The maximum Gasteiger partial charge on any atom is 0.211 e.